The molecule has 5 heteroatoms. The van der Waals surface area contributed by atoms with Crippen molar-refractivity contribution in [3.05, 3.63) is 84.2 Å². The van der Waals surface area contributed by atoms with Gasteiger partial charge in [-0.3, -0.25) is 14.7 Å². The molecule has 0 unspecified atom stereocenters. The number of ether oxygens (including phenoxy) is 1. The van der Waals surface area contributed by atoms with E-state index in [9.17, 15) is 4.79 Å². The average Bonchev–Trinajstić information content (AvgIpc) is 2.94. The molecule has 31 heavy (non-hydrogen) atoms. The van der Waals surface area contributed by atoms with Gasteiger partial charge >= 0.3 is 0 Å². The van der Waals surface area contributed by atoms with Crippen LogP contribution in [-0.4, -0.2) is 54.5 Å². The number of methoxy groups -OCH3 is 1. The van der Waals surface area contributed by atoms with Gasteiger partial charge in [-0.05, 0) is 52.9 Å². The second-order valence-electron chi connectivity index (χ2n) is 8.18. The number of carbonyl (C=O) groups excluding carboxylic acids is 1. The quantitative estimate of drug-likeness (QED) is 0.613. The van der Waals surface area contributed by atoms with Crippen LogP contribution in [-0.2, 0) is 17.8 Å². The molecule has 0 saturated carbocycles. The van der Waals surface area contributed by atoms with Crippen LogP contribution in [0.4, 0.5) is 0 Å². The predicted octanol–water partition coefficient (Wildman–Crippen LogP) is 3.89. The molecule has 1 atom stereocenters. The lowest BCUT2D eigenvalue weighted by Gasteiger charge is -2.23. The summed E-state index contributed by atoms with van der Waals surface area (Å²) in [5.74, 6) is 1.01. The third-order valence-corrected chi connectivity index (χ3v) is 5.92. The molecular weight excluding hydrogens is 386 g/mol. The van der Waals surface area contributed by atoms with E-state index >= 15 is 0 Å². The Morgan fingerprint density at radius 1 is 0.968 bits per heavy atom. The zero-order chi connectivity index (χ0) is 21.6. The Bertz CT molecular complexity index is 1020. The normalized spacial score (nSPS) is 17.4. The molecule has 2 heterocycles. The molecule has 160 valence electrons. The van der Waals surface area contributed by atoms with E-state index < -0.39 is 0 Å². The zero-order valence-corrected chi connectivity index (χ0v) is 18.2. The number of carbonyl (C=O) groups is 1. The highest BCUT2D eigenvalue weighted by molar-refractivity contribution is 5.79. The van der Waals surface area contributed by atoms with Crippen molar-refractivity contribution in [3.63, 3.8) is 0 Å². The van der Waals surface area contributed by atoms with Gasteiger partial charge in [0.15, 0.2) is 0 Å². The molecule has 1 aromatic heterocycles. The standard InChI is InChI=1S/C26H29N3O2/c1-28-13-14-29(18-20-9-11-27-12-10-20)19-24(26(28)30)16-21-5-3-6-22(15-21)23-7-4-8-25(17-23)31-2/h3-12,15,17,24H,13-14,16,18-19H2,1-2H3/t24-/m1/s1. The monoisotopic (exact) mass is 415 g/mol. The van der Waals surface area contributed by atoms with Crippen molar-refractivity contribution in [3.8, 4) is 16.9 Å². The predicted molar refractivity (Wildman–Crippen MR) is 123 cm³/mol. The molecule has 2 aromatic carbocycles. The van der Waals surface area contributed by atoms with E-state index in [1.54, 1.807) is 7.11 Å². The minimum absolute atomic E-state index is 0.0603. The molecule has 3 aromatic rings. The molecule has 5 nitrogen and oxygen atoms in total. The highest BCUT2D eigenvalue weighted by Crippen LogP contribution is 2.26. The first-order valence-electron chi connectivity index (χ1n) is 10.7. The van der Waals surface area contributed by atoms with Gasteiger partial charge in [-0.2, -0.15) is 0 Å². The Morgan fingerprint density at radius 3 is 2.48 bits per heavy atom. The van der Waals surface area contributed by atoms with Gasteiger partial charge < -0.3 is 9.64 Å². The molecule has 1 saturated heterocycles. The van der Waals surface area contributed by atoms with Gasteiger partial charge in [-0.15, -0.1) is 0 Å². The van der Waals surface area contributed by atoms with Crippen molar-refractivity contribution >= 4 is 5.91 Å². The molecule has 4 rings (SSSR count). The van der Waals surface area contributed by atoms with Crippen LogP contribution in [0.2, 0.25) is 0 Å². The van der Waals surface area contributed by atoms with Crippen LogP contribution in [0.15, 0.2) is 73.1 Å². The number of amides is 1. The van der Waals surface area contributed by atoms with E-state index in [2.05, 4.69) is 40.2 Å². The van der Waals surface area contributed by atoms with Gasteiger partial charge in [-0.25, -0.2) is 0 Å². The number of likely N-dealkylation sites (N-methyl/N-ethyl adjacent to an activating group) is 1. The lowest BCUT2D eigenvalue weighted by molar-refractivity contribution is -0.133. The minimum Gasteiger partial charge on any atom is -0.497 e. The fourth-order valence-electron chi connectivity index (χ4n) is 4.20. The lowest BCUT2D eigenvalue weighted by atomic mass is 9.94. The molecule has 1 fully saturated rings. The molecule has 1 aliphatic heterocycles. The van der Waals surface area contributed by atoms with Gasteiger partial charge in [-0.1, -0.05) is 36.4 Å². The van der Waals surface area contributed by atoms with Crippen LogP contribution in [0.25, 0.3) is 11.1 Å². The molecule has 0 radical (unpaired) electrons. The summed E-state index contributed by atoms with van der Waals surface area (Å²) in [7, 11) is 3.60. The highest BCUT2D eigenvalue weighted by atomic mass is 16.5. The Morgan fingerprint density at radius 2 is 1.71 bits per heavy atom. The Kier molecular flexibility index (Phi) is 6.63. The topological polar surface area (TPSA) is 45.7 Å². The zero-order valence-electron chi connectivity index (χ0n) is 18.2. The Labute approximate surface area is 184 Å². The Balaban J connectivity index is 1.52. The van der Waals surface area contributed by atoms with Crippen molar-refractivity contribution in [2.75, 3.05) is 33.8 Å². The molecular formula is C26H29N3O2. The van der Waals surface area contributed by atoms with Crippen LogP contribution >= 0.6 is 0 Å². The second-order valence-corrected chi connectivity index (χ2v) is 8.18. The van der Waals surface area contributed by atoms with Gasteiger partial charge in [0.1, 0.15) is 5.75 Å². The van der Waals surface area contributed by atoms with E-state index in [0.29, 0.717) is 0 Å². The lowest BCUT2D eigenvalue weighted by Crippen LogP contribution is -2.34. The first-order valence-corrected chi connectivity index (χ1v) is 10.7. The maximum Gasteiger partial charge on any atom is 0.227 e. The third kappa shape index (κ3) is 5.30. The van der Waals surface area contributed by atoms with Crippen molar-refractivity contribution in [1.82, 2.24) is 14.8 Å². The summed E-state index contributed by atoms with van der Waals surface area (Å²) < 4.78 is 5.37. The number of hydrogen-bond donors (Lipinski definition) is 0. The number of hydrogen-bond acceptors (Lipinski definition) is 4. The molecule has 0 N–H and O–H groups in total. The van der Waals surface area contributed by atoms with E-state index in [-0.39, 0.29) is 11.8 Å². The van der Waals surface area contributed by atoms with Gasteiger partial charge in [0.25, 0.3) is 0 Å². The SMILES string of the molecule is COc1cccc(-c2cccc(C[C@@H]3CN(Cc4ccncc4)CCN(C)C3=O)c2)c1. The van der Waals surface area contributed by atoms with Gasteiger partial charge in [0, 0.05) is 45.6 Å². The van der Waals surface area contributed by atoms with Crippen LogP contribution in [0, 0.1) is 5.92 Å². The fraction of sp³-hybridized carbons (Fsp3) is 0.308. The summed E-state index contributed by atoms with van der Waals surface area (Å²) in [4.78, 5) is 21.4. The fourth-order valence-corrected chi connectivity index (χ4v) is 4.20. The summed E-state index contributed by atoms with van der Waals surface area (Å²) >= 11 is 0. The molecule has 0 spiro atoms. The number of pyridine rings is 1. The van der Waals surface area contributed by atoms with Crippen molar-refractivity contribution in [2.45, 2.75) is 13.0 Å². The summed E-state index contributed by atoms with van der Waals surface area (Å²) in [6.07, 6.45) is 4.38. The molecule has 0 bridgehead atoms. The first-order chi connectivity index (χ1) is 15.1. The summed E-state index contributed by atoms with van der Waals surface area (Å²) in [5.41, 5.74) is 4.66. The smallest absolute Gasteiger partial charge is 0.227 e. The van der Waals surface area contributed by atoms with Crippen molar-refractivity contribution < 1.29 is 9.53 Å². The minimum atomic E-state index is -0.0603. The van der Waals surface area contributed by atoms with E-state index in [1.807, 2.05) is 54.7 Å². The van der Waals surface area contributed by atoms with E-state index in [0.717, 1.165) is 49.5 Å². The number of rotatable bonds is 6. The molecule has 0 aliphatic carbocycles. The van der Waals surface area contributed by atoms with Crippen LogP contribution in [0.3, 0.4) is 0 Å². The number of nitrogens with zero attached hydrogens (tertiary/aromatic N) is 3. The largest absolute Gasteiger partial charge is 0.497 e. The van der Waals surface area contributed by atoms with E-state index in [4.69, 9.17) is 4.74 Å². The van der Waals surface area contributed by atoms with Crippen molar-refractivity contribution in [2.24, 2.45) is 5.92 Å². The van der Waals surface area contributed by atoms with Crippen LogP contribution in [0.5, 0.6) is 5.75 Å². The second kappa shape index (κ2) is 9.75. The summed E-state index contributed by atoms with van der Waals surface area (Å²) in [6.45, 7) is 3.23. The van der Waals surface area contributed by atoms with Gasteiger partial charge in [0.05, 0.1) is 13.0 Å². The molecule has 1 amide bonds. The summed E-state index contributed by atoms with van der Waals surface area (Å²) in [5, 5.41) is 0. The molecule has 1 aliphatic rings. The maximum absolute atomic E-state index is 13.1. The van der Waals surface area contributed by atoms with E-state index in [1.165, 1.54) is 11.1 Å². The maximum atomic E-state index is 13.1. The van der Waals surface area contributed by atoms with Gasteiger partial charge in [0.2, 0.25) is 5.91 Å². The third-order valence-electron chi connectivity index (χ3n) is 5.92. The highest BCUT2D eigenvalue weighted by Gasteiger charge is 2.28. The Hall–Kier alpha value is -3.18. The van der Waals surface area contributed by atoms with Crippen LogP contribution in [0.1, 0.15) is 11.1 Å². The summed E-state index contributed by atoms with van der Waals surface area (Å²) in [6, 6.07) is 20.7. The first kappa shape index (κ1) is 21.1. The van der Waals surface area contributed by atoms with Crippen LogP contribution < -0.4 is 4.74 Å². The van der Waals surface area contributed by atoms with Crippen molar-refractivity contribution in [1.29, 1.82) is 0 Å². The number of benzene rings is 2. The number of aromatic nitrogens is 1. The average molecular weight is 416 g/mol.